The van der Waals surface area contributed by atoms with Crippen molar-refractivity contribution in [2.75, 3.05) is 24.5 Å². The molecule has 0 unspecified atom stereocenters. The number of carbonyl (C=O) groups excluding carboxylic acids is 1. The maximum Gasteiger partial charge on any atom is 0.259 e. The van der Waals surface area contributed by atoms with Crippen LogP contribution in [0.15, 0.2) is 47.2 Å². The lowest BCUT2D eigenvalue weighted by Gasteiger charge is -2.55. The Labute approximate surface area is 166 Å². The first-order chi connectivity index (χ1) is 13.2. The van der Waals surface area contributed by atoms with Gasteiger partial charge in [0.25, 0.3) is 5.91 Å². The third-order valence-electron chi connectivity index (χ3n) is 6.85. The van der Waals surface area contributed by atoms with Crippen LogP contribution in [0.4, 0.5) is 5.69 Å². The van der Waals surface area contributed by atoms with E-state index in [4.69, 9.17) is 0 Å². The second kappa shape index (κ2) is 7.06. The fourth-order valence-electron chi connectivity index (χ4n) is 5.01. The van der Waals surface area contributed by atoms with E-state index in [0.717, 1.165) is 30.0 Å². The summed E-state index contributed by atoms with van der Waals surface area (Å²) >= 11 is 1.60. The molecule has 1 aromatic heterocycles. The molecular formula is C23H28N2OS. The minimum absolute atomic E-state index is 0.161. The van der Waals surface area contributed by atoms with Crippen LogP contribution in [0.5, 0.6) is 0 Å². The van der Waals surface area contributed by atoms with Crippen molar-refractivity contribution in [2.45, 2.75) is 44.6 Å². The van der Waals surface area contributed by atoms with Gasteiger partial charge in [0.1, 0.15) is 0 Å². The van der Waals surface area contributed by atoms with E-state index in [9.17, 15) is 4.79 Å². The quantitative estimate of drug-likeness (QED) is 0.725. The van der Waals surface area contributed by atoms with Crippen molar-refractivity contribution < 1.29 is 4.79 Å². The number of carbonyl (C=O) groups is 1. The van der Waals surface area contributed by atoms with Crippen molar-refractivity contribution >= 4 is 22.9 Å². The van der Waals surface area contributed by atoms with Gasteiger partial charge in [-0.25, -0.2) is 0 Å². The number of thiophene rings is 1. The summed E-state index contributed by atoms with van der Waals surface area (Å²) in [5.74, 6) is 1.15. The van der Waals surface area contributed by atoms with E-state index >= 15 is 0 Å². The molecule has 3 fully saturated rings. The molecule has 5 rings (SSSR count). The van der Waals surface area contributed by atoms with Crippen LogP contribution >= 0.6 is 11.3 Å². The first-order valence-corrected chi connectivity index (χ1v) is 11.3. The van der Waals surface area contributed by atoms with Gasteiger partial charge in [-0.15, -0.1) is 0 Å². The Hall–Kier alpha value is -1.65. The lowest BCUT2D eigenvalue weighted by atomic mass is 9.60. The Morgan fingerprint density at radius 2 is 1.85 bits per heavy atom. The molecule has 4 heteroatoms. The van der Waals surface area contributed by atoms with Crippen LogP contribution in [0.1, 0.15) is 48.9 Å². The largest absolute Gasteiger partial charge is 0.305 e. The number of hydrogen-bond acceptors (Lipinski definition) is 3. The highest BCUT2D eigenvalue weighted by atomic mass is 32.1. The molecule has 1 aliphatic heterocycles. The lowest BCUT2D eigenvalue weighted by molar-refractivity contribution is 0.0140. The van der Waals surface area contributed by atoms with Crippen molar-refractivity contribution in [3.8, 4) is 0 Å². The third-order valence-corrected chi connectivity index (χ3v) is 7.54. The Bertz CT molecular complexity index is 768. The molecule has 0 bridgehead atoms. The molecule has 0 atom stereocenters. The van der Waals surface area contributed by atoms with Crippen LogP contribution in [0.2, 0.25) is 0 Å². The fraction of sp³-hybridized carbons (Fsp3) is 0.522. The molecule has 1 amide bonds. The van der Waals surface area contributed by atoms with Crippen molar-refractivity contribution in [1.29, 1.82) is 0 Å². The monoisotopic (exact) mass is 380 g/mol. The summed E-state index contributed by atoms with van der Waals surface area (Å²) in [6.45, 7) is 3.84. The second-order valence-corrected chi connectivity index (χ2v) is 9.61. The molecule has 1 saturated heterocycles. The summed E-state index contributed by atoms with van der Waals surface area (Å²) in [6, 6.07) is 12.5. The van der Waals surface area contributed by atoms with Crippen LogP contribution in [-0.4, -0.2) is 36.5 Å². The molecule has 0 N–H and O–H groups in total. The molecule has 2 aliphatic carbocycles. The standard InChI is InChI=1S/C23H28N2OS/c26-22(19-8-13-27-17-19)25(20-4-2-1-3-5-20)21-14-23(15-21)9-11-24(12-10-23)16-18-6-7-18/h1-5,8,13,17-18,21H,6-7,9-12,14-16H2. The highest BCUT2D eigenvalue weighted by Crippen LogP contribution is 2.52. The number of amides is 1. The van der Waals surface area contributed by atoms with Crippen LogP contribution in [0.25, 0.3) is 0 Å². The van der Waals surface area contributed by atoms with Gasteiger partial charge in [-0.3, -0.25) is 4.79 Å². The normalized spacial score (nSPS) is 22.5. The zero-order valence-corrected chi connectivity index (χ0v) is 16.7. The smallest absolute Gasteiger partial charge is 0.259 e. The lowest BCUT2D eigenvalue weighted by Crippen LogP contribution is -2.56. The maximum atomic E-state index is 13.2. The number of likely N-dealkylation sites (tertiary alicyclic amines) is 1. The van der Waals surface area contributed by atoms with Gasteiger partial charge in [-0.05, 0) is 86.5 Å². The summed E-state index contributed by atoms with van der Waals surface area (Å²) in [5.41, 5.74) is 2.34. The van der Waals surface area contributed by atoms with Gasteiger partial charge in [0.15, 0.2) is 0 Å². The summed E-state index contributed by atoms with van der Waals surface area (Å²) < 4.78 is 0. The van der Waals surface area contributed by atoms with E-state index in [2.05, 4.69) is 21.9 Å². The highest BCUT2D eigenvalue weighted by Gasteiger charge is 2.49. The van der Waals surface area contributed by atoms with Crippen LogP contribution in [0.3, 0.4) is 0 Å². The highest BCUT2D eigenvalue weighted by molar-refractivity contribution is 7.08. The van der Waals surface area contributed by atoms with E-state index in [-0.39, 0.29) is 5.91 Å². The number of nitrogens with zero attached hydrogens (tertiary/aromatic N) is 2. The van der Waals surface area contributed by atoms with Gasteiger partial charge < -0.3 is 9.80 Å². The first-order valence-electron chi connectivity index (χ1n) is 10.4. The van der Waals surface area contributed by atoms with E-state index in [1.54, 1.807) is 11.3 Å². The van der Waals surface area contributed by atoms with E-state index in [0.29, 0.717) is 11.5 Å². The van der Waals surface area contributed by atoms with Crippen LogP contribution in [-0.2, 0) is 0 Å². The molecule has 1 aromatic carbocycles. The van der Waals surface area contributed by atoms with Crippen molar-refractivity contribution in [2.24, 2.45) is 11.3 Å². The third kappa shape index (κ3) is 3.57. The zero-order chi connectivity index (χ0) is 18.3. The molecule has 3 aliphatic rings. The van der Waals surface area contributed by atoms with Crippen LogP contribution < -0.4 is 4.90 Å². The molecule has 27 heavy (non-hydrogen) atoms. The number of para-hydroxylation sites is 1. The zero-order valence-electron chi connectivity index (χ0n) is 15.8. The second-order valence-electron chi connectivity index (χ2n) is 8.83. The Balaban J connectivity index is 1.28. The van der Waals surface area contributed by atoms with E-state index in [1.165, 1.54) is 45.3 Å². The van der Waals surface area contributed by atoms with Gasteiger partial charge in [0.2, 0.25) is 0 Å². The average Bonchev–Trinajstić information content (AvgIpc) is 3.31. The SMILES string of the molecule is O=C(c1ccsc1)N(c1ccccc1)C1CC2(CCN(CC3CC3)CC2)C1. The fourth-order valence-corrected chi connectivity index (χ4v) is 5.64. The first kappa shape index (κ1) is 17.4. The van der Waals surface area contributed by atoms with Crippen molar-refractivity contribution in [3.63, 3.8) is 0 Å². The van der Waals surface area contributed by atoms with Gasteiger partial charge in [-0.2, -0.15) is 11.3 Å². The van der Waals surface area contributed by atoms with Gasteiger partial charge in [-0.1, -0.05) is 18.2 Å². The Morgan fingerprint density at radius 3 is 2.48 bits per heavy atom. The topological polar surface area (TPSA) is 23.6 Å². The molecule has 2 aromatic rings. The molecule has 142 valence electrons. The summed E-state index contributed by atoms with van der Waals surface area (Å²) in [7, 11) is 0. The number of piperidine rings is 1. The van der Waals surface area contributed by atoms with Crippen LogP contribution in [0, 0.1) is 11.3 Å². The maximum absolute atomic E-state index is 13.2. The minimum Gasteiger partial charge on any atom is -0.305 e. The molecule has 0 radical (unpaired) electrons. The minimum atomic E-state index is 0.161. The number of anilines is 1. The van der Waals surface area contributed by atoms with E-state index in [1.807, 2.05) is 35.0 Å². The van der Waals surface area contributed by atoms with Gasteiger partial charge >= 0.3 is 0 Å². The average molecular weight is 381 g/mol. The molecule has 1 spiro atoms. The number of rotatable bonds is 5. The van der Waals surface area contributed by atoms with Gasteiger partial charge in [0, 0.05) is 23.7 Å². The predicted octanol–water partition coefficient (Wildman–Crippen LogP) is 5.05. The Kier molecular flexibility index (Phi) is 4.57. The summed E-state index contributed by atoms with van der Waals surface area (Å²) in [6.07, 6.45) is 7.84. The summed E-state index contributed by atoms with van der Waals surface area (Å²) in [4.78, 5) is 18.0. The molecule has 3 nitrogen and oxygen atoms in total. The Morgan fingerprint density at radius 1 is 1.11 bits per heavy atom. The van der Waals surface area contributed by atoms with E-state index < -0.39 is 0 Å². The van der Waals surface area contributed by atoms with Crippen molar-refractivity contribution in [3.05, 3.63) is 52.7 Å². The number of hydrogen-bond donors (Lipinski definition) is 0. The molecular weight excluding hydrogens is 352 g/mol. The predicted molar refractivity (Wildman–Crippen MR) is 111 cm³/mol. The summed E-state index contributed by atoms with van der Waals surface area (Å²) in [5, 5.41) is 3.97. The molecule has 2 saturated carbocycles. The van der Waals surface area contributed by atoms with Crippen molar-refractivity contribution in [1.82, 2.24) is 4.90 Å². The van der Waals surface area contributed by atoms with Gasteiger partial charge in [0.05, 0.1) is 5.56 Å². The molecule has 2 heterocycles. The number of benzene rings is 1.